The molecule has 0 saturated carbocycles. The lowest BCUT2D eigenvalue weighted by Gasteiger charge is -2.14. The number of nitrogens with zero attached hydrogens (tertiary/aromatic N) is 1. The number of benzene rings is 2. The Kier molecular flexibility index (Phi) is 5.03. The van der Waals surface area contributed by atoms with Crippen LogP contribution in [-0.2, 0) is 9.59 Å². The molecule has 0 bridgehead atoms. The Hall–Kier alpha value is -3.22. The molecule has 0 aliphatic carbocycles. The molecular weight excluding hydrogens is 298 g/mol. The Balaban J connectivity index is 1.94. The van der Waals surface area contributed by atoms with E-state index >= 15 is 0 Å². The summed E-state index contributed by atoms with van der Waals surface area (Å²) in [6.45, 7) is 1.77. The average molecular weight is 313 g/mol. The minimum absolute atomic E-state index is 0.0925. The number of anilines is 1. The summed E-state index contributed by atoms with van der Waals surface area (Å²) < 4.78 is 0. The van der Waals surface area contributed by atoms with Crippen molar-refractivity contribution in [2.45, 2.75) is 13.0 Å². The van der Waals surface area contributed by atoms with Crippen LogP contribution in [0.5, 0.6) is 0 Å². The second-order valence-electron chi connectivity index (χ2n) is 4.86. The summed E-state index contributed by atoms with van der Waals surface area (Å²) in [6, 6.07) is 14.2. The zero-order valence-corrected chi connectivity index (χ0v) is 12.4. The molecule has 2 rings (SSSR count). The van der Waals surface area contributed by atoms with E-state index in [1.165, 1.54) is 24.3 Å². The Labute approximate surface area is 132 Å². The van der Waals surface area contributed by atoms with Gasteiger partial charge in [0.1, 0.15) is 0 Å². The van der Waals surface area contributed by atoms with E-state index in [1.54, 1.807) is 6.92 Å². The quantitative estimate of drug-likeness (QED) is 0.514. The van der Waals surface area contributed by atoms with E-state index in [4.69, 9.17) is 0 Å². The van der Waals surface area contributed by atoms with Gasteiger partial charge in [0.25, 0.3) is 5.69 Å². The first kappa shape index (κ1) is 16.2. The molecular formula is C16H15N3O4. The summed E-state index contributed by atoms with van der Waals surface area (Å²) in [4.78, 5) is 33.7. The lowest BCUT2D eigenvalue weighted by atomic mass is 10.1. The SMILES string of the molecule is C[C@@H](NC(=O)C(=O)Nc1ccc([N+](=O)[O-])cc1)c1ccccc1. The maximum absolute atomic E-state index is 11.9. The highest BCUT2D eigenvalue weighted by molar-refractivity contribution is 6.39. The maximum Gasteiger partial charge on any atom is 0.313 e. The van der Waals surface area contributed by atoms with E-state index in [2.05, 4.69) is 10.6 Å². The molecule has 2 amide bonds. The fourth-order valence-corrected chi connectivity index (χ4v) is 1.94. The molecule has 2 aromatic carbocycles. The summed E-state index contributed by atoms with van der Waals surface area (Å²) in [6.07, 6.45) is 0. The molecule has 2 N–H and O–H groups in total. The smallest absolute Gasteiger partial charge is 0.313 e. The third-order valence-corrected chi connectivity index (χ3v) is 3.19. The first-order valence-electron chi connectivity index (χ1n) is 6.88. The zero-order valence-electron chi connectivity index (χ0n) is 12.4. The van der Waals surface area contributed by atoms with Gasteiger partial charge in [-0.15, -0.1) is 0 Å². The van der Waals surface area contributed by atoms with Crippen LogP contribution >= 0.6 is 0 Å². The number of nitro benzene ring substituents is 1. The molecule has 1 atom stereocenters. The molecule has 0 aliphatic rings. The summed E-state index contributed by atoms with van der Waals surface area (Å²) in [7, 11) is 0. The molecule has 7 heteroatoms. The maximum atomic E-state index is 11.9. The van der Waals surface area contributed by atoms with Crippen LogP contribution in [0.15, 0.2) is 54.6 Å². The van der Waals surface area contributed by atoms with Crippen LogP contribution in [0.3, 0.4) is 0 Å². The van der Waals surface area contributed by atoms with Gasteiger partial charge < -0.3 is 10.6 Å². The number of carbonyl (C=O) groups excluding carboxylic acids is 2. The third kappa shape index (κ3) is 4.37. The predicted molar refractivity (Wildman–Crippen MR) is 84.7 cm³/mol. The predicted octanol–water partition coefficient (Wildman–Crippen LogP) is 2.41. The Morgan fingerprint density at radius 2 is 1.61 bits per heavy atom. The van der Waals surface area contributed by atoms with Gasteiger partial charge in [-0.25, -0.2) is 0 Å². The molecule has 0 heterocycles. The lowest BCUT2D eigenvalue weighted by molar-refractivity contribution is -0.384. The summed E-state index contributed by atoms with van der Waals surface area (Å²) in [5.74, 6) is -1.61. The van der Waals surface area contributed by atoms with Gasteiger partial charge in [-0.05, 0) is 24.6 Å². The van der Waals surface area contributed by atoms with Crippen LogP contribution in [0.1, 0.15) is 18.5 Å². The Morgan fingerprint density at radius 3 is 2.17 bits per heavy atom. The minimum atomic E-state index is -0.832. The highest BCUT2D eigenvalue weighted by Gasteiger charge is 2.17. The number of hydrogen-bond acceptors (Lipinski definition) is 4. The number of rotatable bonds is 4. The summed E-state index contributed by atoms with van der Waals surface area (Å²) in [5, 5.41) is 15.5. The van der Waals surface area contributed by atoms with Crippen LogP contribution in [-0.4, -0.2) is 16.7 Å². The van der Waals surface area contributed by atoms with E-state index in [0.29, 0.717) is 5.69 Å². The molecule has 118 valence electrons. The van der Waals surface area contributed by atoms with E-state index in [9.17, 15) is 19.7 Å². The van der Waals surface area contributed by atoms with Crippen molar-refractivity contribution in [3.05, 3.63) is 70.3 Å². The van der Waals surface area contributed by atoms with Crippen molar-refractivity contribution in [2.24, 2.45) is 0 Å². The minimum Gasteiger partial charge on any atom is -0.341 e. The average Bonchev–Trinajstić information content (AvgIpc) is 2.56. The van der Waals surface area contributed by atoms with Crippen LogP contribution in [0.4, 0.5) is 11.4 Å². The van der Waals surface area contributed by atoms with Crippen molar-refractivity contribution in [2.75, 3.05) is 5.32 Å². The molecule has 0 spiro atoms. The van der Waals surface area contributed by atoms with Gasteiger partial charge >= 0.3 is 11.8 Å². The molecule has 0 radical (unpaired) electrons. The third-order valence-electron chi connectivity index (χ3n) is 3.19. The van der Waals surface area contributed by atoms with Gasteiger partial charge in [0, 0.05) is 17.8 Å². The highest BCUT2D eigenvalue weighted by Crippen LogP contribution is 2.15. The lowest BCUT2D eigenvalue weighted by Crippen LogP contribution is -2.36. The summed E-state index contributed by atoms with van der Waals surface area (Å²) in [5.41, 5.74) is 1.09. The normalized spacial score (nSPS) is 11.3. The van der Waals surface area contributed by atoms with Gasteiger partial charge in [-0.3, -0.25) is 19.7 Å². The molecule has 0 aromatic heterocycles. The van der Waals surface area contributed by atoms with E-state index in [1.807, 2.05) is 30.3 Å². The number of nitrogens with one attached hydrogen (secondary N) is 2. The molecule has 7 nitrogen and oxygen atoms in total. The Morgan fingerprint density at radius 1 is 1.00 bits per heavy atom. The van der Waals surface area contributed by atoms with Crippen molar-refractivity contribution >= 4 is 23.2 Å². The molecule has 23 heavy (non-hydrogen) atoms. The second kappa shape index (κ2) is 7.17. The van der Waals surface area contributed by atoms with Crippen molar-refractivity contribution in [1.29, 1.82) is 0 Å². The van der Waals surface area contributed by atoms with Gasteiger partial charge in [0.05, 0.1) is 11.0 Å². The van der Waals surface area contributed by atoms with Crippen molar-refractivity contribution in [3.63, 3.8) is 0 Å². The molecule has 0 fully saturated rings. The van der Waals surface area contributed by atoms with E-state index in [-0.39, 0.29) is 11.7 Å². The molecule has 0 saturated heterocycles. The molecule has 2 aromatic rings. The fraction of sp³-hybridized carbons (Fsp3) is 0.125. The van der Waals surface area contributed by atoms with Crippen molar-refractivity contribution in [1.82, 2.24) is 5.32 Å². The van der Waals surface area contributed by atoms with Crippen LogP contribution in [0.2, 0.25) is 0 Å². The van der Waals surface area contributed by atoms with Gasteiger partial charge in [-0.2, -0.15) is 0 Å². The number of carbonyl (C=O) groups is 2. The largest absolute Gasteiger partial charge is 0.341 e. The van der Waals surface area contributed by atoms with Crippen LogP contribution in [0.25, 0.3) is 0 Å². The van der Waals surface area contributed by atoms with Gasteiger partial charge in [-0.1, -0.05) is 30.3 Å². The second-order valence-corrected chi connectivity index (χ2v) is 4.86. The summed E-state index contributed by atoms with van der Waals surface area (Å²) >= 11 is 0. The number of nitro groups is 1. The van der Waals surface area contributed by atoms with Crippen LogP contribution < -0.4 is 10.6 Å². The van der Waals surface area contributed by atoms with E-state index < -0.39 is 16.7 Å². The van der Waals surface area contributed by atoms with Crippen molar-refractivity contribution < 1.29 is 14.5 Å². The monoisotopic (exact) mass is 313 g/mol. The molecule has 0 unspecified atom stereocenters. The standard InChI is InChI=1S/C16H15N3O4/c1-11(12-5-3-2-4-6-12)17-15(20)16(21)18-13-7-9-14(10-8-13)19(22)23/h2-11H,1H3,(H,17,20)(H,18,21)/t11-/m1/s1. The zero-order chi connectivity index (χ0) is 16.8. The first-order chi connectivity index (χ1) is 11.0. The highest BCUT2D eigenvalue weighted by atomic mass is 16.6. The Bertz CT molecular complexity index is 714. The van der Waals surface area contributed by atoms with Gasteiger partial charge in [0.2, 0.25) is 0 Å². The molecule has 0 aliphatic heterocycles. The van der Waals surface area contributed by atoms with Crippen LogP contribution in [0, 0.1) is 10.1 Å². The van der Waals surface area contributed by atoms with E-state index in [0.717, 1.165) is 5.56 Å². The fourth-order valence-electron chi connectivity index (χ4n) is 1.94. The first-order valence-corrected chi connectivity index (χ1v) is 6.88. The number of non-ortho nitro benzene ring substituents is 1. The van der Waals surface area contributed by atoms with Crippen molar-refractivity contribution in [3.8, 4) is 0 Å². The van der Waals surface area contributed by atoms with Gasteiger partial charge in [0.15, 0.2) is 0 Å². The number of amides is 2. The number of hydrogen-bond donors (Lipinski definition) is 2. The topological polar surface area (TPSA) is 101 Å².